The molecule has 0 aromatic heterocycles. The van der Waals surface area contributed by atoms with E-state index >= 15 is 0 Å². The monoisotopic (exact) mass is 281 g/mol. The number of rotatable bonds is 5. The minimum Gasteiger partial charge on any atom is -0.457 e. The number of primary amides is 1. The smallest absolute Gasteiger partial charge is 0.239 e. The molecule has 106 valence electrons. The molecule has 1 amide bonds. The van der Waals surface area contributed by atoms with E-state index < -0.39 is 11.9 Å². The molecule has 5 nitrogen and oxygen atoms in total. The molecule has 0 heterocycles. The fraction of sp³-hybridized carbons (Fsp3) is 0.125. The van der Waals surface area contributed by atoms with Crippen LogP contribution in [0.15, 0.2) is 48.5 Å². The summed E-state index contributed by atoms with van der Waals surface area (Å²) >= 11 is 0. The Morgan fingerprint density at radius 1 is 1.14 bits per heavy atom. The number of ether oxygens (including phenoxy) is 1. The van der Waals surface area contributed by atoms with Gasteiger partial charge in [-0.25, -0.2) is 0 Å². The molecular weight excluding hydrogens is 266 g/mol. The van der Waals surface area contributed by atoms with Gasteiger partial charge in [-0.15, -0.1) is 0 Å². The summed E-state index contributed by atoms with van der Waals surface area (Å²) in [6, 6.07) is 15.7. The highest BCUT2D eigenvalue weighted by Crippen LogP contribution is 2.23. The van der Waals surface area contributed by atoms with E-state index in [4.69, 9.17) is 15.7 Å². The fourth-order valence-electron chi connectivity index (χ4n) is 1.67. The van der Waals surface area contributed by atoms with Gasteiger partial charge in [0.25, 0.3) is 0 Å². The lowest BCUT2D eigenvalue weighted by Gasteiger charge is -2.12. The van der Waals surface area contributed by atoms with Crippen molar-refractivity contribution in [2.75, 3.05) is 5.32 Å². The van der Waals surface area contributed by atoms with Crippen molar-refractivity contribution in [3.63, 3.8) is 0 Å². The molecule has 0 radical (unpaired) electrons. The van der Waals surface area contributed by atoms with E-state index in [2.05, 4.69) is 11.4 Å². The van der Waals surface area contributed by atoms with Crippen molar-refractivity contribution >= 4 is 11.6 Å². The fourth-order valence-corrected chi connectivity index (χ4v) is 1.67. The van der Waals surface area contributed by atoms with Gasteiger partial charge >= 0.3 is 0 Å². The Morgan fingerprint density at radius 3 is 2.14 bits per heavy atom. The van der Waals surface area contributed by atoms with Crippen molar-refractivity contribution < 1.29 is 9.53 Å². The van der Waals surface area contributed by atoms with E-state index in [0.29, 0.717) is 17.1 Å². The number of nitrogens with one attached hydrogen (secondary N) is 1. The van der Waals surface area contributed by atoms with Crippen molar-refractivity contribution in [3.05, 3.63) is 54.1 Å². The highest BCUT2D eigenvalue weighted by atomic mass is 16.5. The maximum Gasteiger partial charge on any atom is 0.239 e. The number of anilines is 1. The number of carbonyl (C=O) groups is 1. The number of hydrogen-bond donors (Lipinski definition) is 2. The molecule has 0 saturated heterocycles. The molecule has 0 bridgehead atoms. The van der Waals surface area contributed by atoms with Crippen molar-refractivity contribution in [1.82, 2.24) is 0 Å². The quantitative estimate of drug-likeness (QED) is 0.881. The minimum absolute atomic E-state index is 0.409. The van der Waals surface area contributed by atoms with Crippen LogP contribution in [0.5, 0.6) is 11.5 Å². The molecule has 3 N–H and O–H groups in total. The first-order chi connectivity index (χ1) is 10.1. The van der Waals surface area contributed by atoms with Crippen LogP contribution in [0.1, 0.15) is 12.5 Å². The third-order valence-electron chi connectivity index (χ3n) is 2.88. The van der Waals surface area contributed by atoms with E-state index in [1.807, 2.05) is 0 Å². The Labute approximate surface area is 123 Å². The third kappa shape index (κ3) is 3.98. The molecule has 0 fully saturated rings. The zero-order chi connectivity index (χ0) is 15.2. The topological polar surface area (TPSA) is 88.1 Å². The zero-order valence-corrected chi connectivity index (χ0v) is 11.5. The first-order valence-corrected chi connectivity index (χ1v) is 6.42. The number of nitriles is 1. The van der Waals surface area contributed by atoms with Gasteiger partial charge in [-0.05, 0) is 55.5 Å². The summed E-state index contributed by atoms with van der Waals surface area (Å²) in [5.74, 6) is 0.908. The minimum atomic E-state index is -0.435. The number of benzene rings is 2. The third-order valence-corrected chi connectivity index (χ3v) is 2.88. The van der Waals surface area contributed by atoms with Gasteiger partial charge in [0.15, 0.2) is 0 Å². The van der Waals surface area contributed by atoms with Crippen LogP contribution >= 0.6 is 0 Å². The second-order valence-electron chi connectivity index (χ2n) is 4.53. The summed E-state index contributed by atoms with van der Waals surface area (Å²) < 4.78 is 5.66. The molecule has 0 saturated carbocycles. The van der Waals surface area contributed by atoms with Gasteiger partial charge in [-0.3, -0.25) is 4.79 Å². The predicted octanol–water partition coefficient (Wildman–Crippen LogP) is 2.64. The number of amides is 1. The number of carbonyl (C=O) groups excluding carboxylic acids is 1. The van der Waals surface area contributed by atoms with Crippen LogP contribution in [0, 0.1) is 11.3 Å². The summed E-state index contributed by atoms with van der Waals surface area (Å²) in [5.41, 5.74) is 6.56. The lowest BCUT2D eigenvalue weighted by molar-refractivity contribution is -0.118. The van der Waals surface area contributed by atoms with Crippen LogP contribution < -0.4 is 15.8 Å². The van der Waals surface area contributed by atoms with E-state index in [0.717, 1.165) is 5.69 Å². The Kier molecular flexibility index (Phi) is 4.42. The maximum absolute atomic E-state index is 11.0. The van der Waals surface area contributed by atoms with Gasteiger partial charge in [0.05, 0.1) is 11.6 Å². The van der Waals surface area contributed by atoms with Crippen molar-refractivity contribution in [2.45, 2.75) is 13.0 Å². The van der Waals surface area contributed by atoms with E-state index in [1.165, 1.54) is 0 Å². The highest BCUT2D eigenvalue weighted by Gasteiger charge is 2.07. The highest BCUT2D eigenvalue weighted by molar-refractivity contribution is 5.82. The average molecular weight is 281 g/mol. The lowest BCUT2D eigenvalue weighted by atomic mass is 10.2. The van der Waals surface area contributed by atoms with Crippen LogP contribution in [-0.2, 0) is 4.79 Å². The van der Waals surface area contributed by atoms with E-state index in [9.17, 15) is 4.79 Å². The Bertz CT molecular complexity index is 657. The standard InChI is InChI=1S/C16H15N3O2/c1-11(16(18)20)19-13-4-8-15(9-5-13)21-14-6-2-12(10-17)3-7-14/h2-9,11,19H,1H3,(H2,18,20). The average Bonchev–Trinajstić information content (AvgIpc) is 2.50. The molecular formula is C16H15N3O2. The molecule has 1 unspecified atom stereocenters. The van der Waals surface area contributed by atoms with E-state index in [-0.39, 0.29) is 0 Å². The molecule has 0 aliphatic heterocycles. The van der Waals surface area contributed by atoms with E-state index in [1.54, 1.807) is 55.5 Å². The molecule has 0 spiro atoms. The second-order valence-corrected chi connectivity index (χ2v) is 4.53. The summed E-state index contributed by atoms with van der Waals surface area (Å²) in [4.78, 5) is 11.0. The molecule has 0 aliphatic rings. The van der Waals surface area contributed by atoms with Crippen LogP contribution in [0.3, 0.4) is 0 Å². The first kappa shape index (κ1) is 14.4. The summed E-state index contributed by atoms with van der Waals surface area (Å²) in [6.07, 6.45) is 0. The SMILES string of the molecule is CC(Nc1ccc(Oc2ccc(C#N)cc2)cc1)C(N)=O. The molecule has 5 heteroatoms. The van der Waals surface area contributed by atoms with Gasteiger partial charge in [-0.2, -0.15) is 5.26 Å². The predicted molar refractivity (Wildman–Crippen MR) is 80.0 cm³/mol. The van der Waals surface area contributed by atoms with Crippen LogP contribution in [-0.4, -0.2) is 11.9 Å². The van der Waals surface area contributed by atoms with Crippen molar-refractivity contribution in [2.24, 2.45) is 5.73 Å². The maximum atomic E-state index is 11.0. The Hall–Kier alpha value is -3.00. The Morgan fingerprint density at radius 2 is 1.67 bits per heavy atom. The van der Waals surface area contributed by atoms with Gasteiger partial charge in [-0.1, -0.05) is 0 Å². The summed E-state index contributed by atoms with van der Waals surface area (Å²) in [7, 11) is 0. The van der Waals surface area contributed by atoms with Crippen LogP contribution in [0.2, 0.25) is 0 Å². The molecule has 21 heavy (non-hydrogen) atoms. The van der Waals surface area contributed by atoms with Gasteiger partial charge in [0.2, 0.25) is 5.91 Å². The zero-order valence-electron chi connectivity index (χ0n) is 11.5. The molecule has 1 atom stereocenters. The number of hydrogen-bond acceptors (Lipinski definition) is 4. The largest absolute Gasteiger partial charge is 0.457 e. The molecule has 2 aromatic carbocycles. The van der Waals surface area contributed by atoms with Gasteiger partial charge < -0.3 is 15.8 Å². The van der Waals surface area contributed by atoms with Crippen LogP contribution in [0.4, 0.5) is 5.69 Å². The lowest BCUT2D eigenvalue weighted by Crippen LogP contribution is -2.32. The first-order valence-electron chi connectivity index (χ1n) is 6.42. The number of nitrogens with two attached hydrogens (primary N) is 1. The molecule has 2 rings (SSSR count). The number of nitrogens with zero attached hydrogens (tertiary/aromatic N) is 1. The normalized spacial score (nSPS) is 11.2. The second kappa shape index (κ2) is 6.44. The van der Waals surface area contributed by atoms with Gasteiger partial charge in [0.1, 0.15) is 17.5 Å². The van der Waals surface area contributed by atoms with Crippen molar-refractivity contribution in [3.8, 4) is 17.6 Å². The van der Waals surface area contributed by atoms with Gasteiger partial charge in [0, 0.05) is 5.69 Å². The molecule has 0 aliphatic carbocycles. The summed E-state index contributed by atoms with van der Waals surface area (Å²) in [6.45, 7) is 1.70. The Balaban J connectivity index is 2.01. The van der Waals surface area contributed by atoms with Crippen molar-refractivity contribution in [1.29, 1.82) is 5.26 Å². The summed E-state index contributed by atoms with van der Waals surface area (Å²) in [5, 5.41) is 11.7. The van der Waals surface area contributed by atoms with Crippen LogP contribution in [0.25, 0.3) is 0 Å². The molecule has 2 aromatic rings.